The molecule has 0 bridgehead atoms. The summed E-state index contributed by atoms with van der Waals surface area (Å²) in [6, 6.07) is 11.7. The average Bonchev–Trinajstić information content (AvgIpc) is 2.46. The van der Waals surface area contributed by atoms with Gasteiger partial charge in [-0.3, -0.25) is 4.90 Å². The topological polar surface area (TPSA) is 32.5 Å². The Kier molecular flexibility index (Phi) is 5.86. The smallest absolute Gasteiger partial charge is 0.0367 e. The van der Waals surface area contributed by atoms with Crippen molar-refractivity contribution >= 4 is 5.69 Å². The number of anilines is 1. The van der Waals surface area contributed by atoms with Gasteiger partial charge in [0.25, 0.3) is 0 Å². The molecule has 1 aliphatic rings. The summed E-state index contributed by atoms with van der Waals surface area (Å²) in [7, 11) is 0. The lowest BCUT2D eigenvalue weighted by atomic mass is 10.0. The summed E-state index contributed by atoms with van der Waals surface area (Å²) < 4.78 is 0. The molecule has 3 nitrogen and oxygen atoms in total. The van der Waals surface area contributed by atoms with Crippen LogP contribution in [0.2, 0.25) is 0 Å². The van der Waals surface area contributed by atoms with E-state index in [9.17, 15) is 0 Å². The monoisotopic (exact) mass is 275 g/mol. The van der Waals surface area contributed by atoms with Gasteiger partial charge < -0.3 is 10.6 Å². The molecule has 0 saturated carbocycles. The summed E-state index contributed by atoms with van der Waals surface area (Å²) in [5, 5.41) is 0. The number of rotatable bonds is 6. The van der Waals surface area contributed by atoms with E-state index in [1.807, 2.05) is 0 Å². The quantitative estimate of drug-likeness (QED) is 0.866. The van der Waals surface area contributed by atoms with Crippen LogP contribution in [0.25, 0.3) is 0 Å². The van der Waals surface area contributed by atoms with E-state index in [0.29, 0.717) is 6.04 Å². The van der Waals surface area contributed by atoms with Gasteiger partial charge in [-0.15, -0.1) is 0 Å². The van der Waals surface area contributed by atoms with Gasteiger partial charge in [0.05, 0.1) is 0 Å². The van der Waals surface area contributed by atoms with Crippen molar-refractivity contribution in [2.45, 2.75) is 45.2 Å². The van der Waals surface area contributed by atoms with Crippen molar-refractivity contribution in [1.82, 2.24) is 4.90 Å². The zero-order valence-corrected chi connectivity index (χ0v) is 13.0. The van der Waals surface area contributed by atoms with E-state index < -0.39 is 0 Å². The summed E-state index contributed by atoms with van der Waals surface area (Å²) in [6.07, 6.45) is 3.86. The zero-order chi connectivity index (χ0) is 14.4. The van der Waals surface area contributed by atoms with E-state index >= 15 is 0 Å². The number of hydrogen-bond donors (Lipinski definition) is 1. The first kappa shape index (κ1) is 15.3. The van der Waals surface area contributed by atoms with Gasteiger partial charge in [0.2, 0.25) is 0 Å². The fourth-order valence-electron chi connectivity index (χ4n) is 3.09. The highest BCUT2D eigenvalue weighted by atomic mass is 15.3. The van der Waals surface area contributed by atoms with E-state index in [1.165, 1.54) is 24.9 Å². The highest BCUT2D eigenvalue weighted by Crippen LogP contribution is 2.21. The van der Waals surface area contributed by atoms with Crippen LogP contribution in [0, 0.1) is 0 Å². The summed E-state index contributed by atoms with van der Waals surface area (Å²) in [4.78, 5) is 5.12. The Morgan fingerprint density at radius 2 is 2.00 bits per heavy atom. The number of benzene rings is 1. The first-order chi connectivity index (χ1) is 9.70. The van der Waals surface area contributed by atoms with Crippen molar-refractivity contribution in [2.75, 3.05) is 31.1 Å². The molecule has 0 amide bonds. The first-order valence-electron chi connectivity index (χ1n) is 8.00. The molecule has 2 rings (SSSR count). The SMILES string of the molecule is CCCCC1CN(c2ccccc2)CCN1CC(C)N. The molecule has 1 aromatic rings. The van der Waals surface area contributed by atoms with Gasteiger partial charge in [-0.1, -0.05) is 38.0 Å². The number of hydrogen-bond acceptors (Lipinski definition) is 3. The van der Waals surface area contributed by atoms with E-state index in [-0.39, 0.29) is 6.04 Å². The molecule has 2 unspecified atom stereocenters. The van der Waals surface area contributed by atoms with Gasteiger partial charge in [0.15, 0.2) is 0 Å². The van der Waals surface area contributed by atoms with E-state index in [2.05, 4.69) is 54.0 Å². The van der Waals surface area contributed by atoms with Crippen LogP contribution in [-0.4, -0.2) is 43.2 Å². The molecule has 2 N–H and O–H groups in total. The minimum absolute atomic E-state index is 0.266. The van der Waals surface area contributed by atoms with Crippen LogP contribution in [-0.2, 0) is 0 Å². The van der Waals surface area contributed by atoms with Crippen LogP contribution in [0.1, 0.15) is 33.1 Å². The largest absolute Gasteiger partial charge is 0.369 e. The van der Waals surface area contributed by atoms with Crippen molar-refractivity contribution in [2.24, 2.45) is 5.73 Å². The molecule has 0 aromatic heterocycles. The molecule has 3 heteroatoms. The van der Waals surface area contributed by atoms with Gasteiger partial charge in [0.1, 0.15) is 0 Å². The molecule has 1 heterocycles. The molecule has 0 spiro atoms. The summed E-state index contributed by atoms with van der Waals surface area (Å²) in [5.41, 5.74) is 7.36. The maximum atomic E-state index is 6.00. The van der Waals surface area contributed by atoms with Crippen molar-refractivity contribution in [3.05, 3.63) is 30.3 Å². The normalized spacial score (nSPS) is 21.9. The predicted molar refractivity (Wildman–Crippen MR) is 87.2 cm³/mol. The van der Waals surface area contributed by atoms with Gasteiger partial charge in [-0.25, -0.2) is 0 Å². The molecule has 1 fully saturated rings. The Morgan fingerprint density at radius 1 is 1.25 bits per heavy atom. The lowest BCUT2D eigenvalue weighted by Crippen LogP contribution is -2.55. The number of piperazine rings is 1. The zero-order valence-electron chi connectivity index (χ0n) is 13.0. The Hall–Kier alpha value is -1.06. The van der Waals surface area contributed by atoms with Crippen LogP contribution in [0.4, 0.5) is 5.69 Å². The molecule has 112 valence electrons. The van der Waals surface area contributed by atoms with Crippen LogP contribution in [0.5, 0.6) is 0 Å². The second-order valence-electron chi connectivity index (χ2n) is 6.05. The fraction of sp³-hybridized carbons (Fsp3) is 0.647. The number of nitrogens with two attached hydrogens (primary N) is 1. The Balaban J connectivity index is 2.00. The molecule has 20 heavy (non-hydrogen) atoms. The fourth-order valence-corrected chi connectivity index (χ4v) is 3.09. The van der Waals surface area contributed by atoms with E-state index in [1.54, 1.807) is 0 Å². The van der Waals surface area contributed by atoms with Crippen molar-refractivity contribution < 1.29 is 0 Å². The van der Waals surface area contributed by atoms with Crippen LogP contribution in [0.3, 0.4) is 0 Å². The molecular weight excluding hydrogens is 246 g/mol. The number of nitrogens with zero attached hydrogens (tertiary/aromatic N) is 2. The summed E-state index contributed by atoms with van der Waals surface area (Å²) in [6.45, 7) is 8.78. The van der Waals surface area contributed by atoms with Crippen LogP contribution < -0.4 is 10.6 Å². The number of unbranched alkanes of at least 4 members (excludes halogenated alkanes) is 1. The lowest BCUT2D eigenvalue weighted by Gasteiger charge is -2.43. The standard InChI is InChI=1S/C17H29N3/c1-3-4-8-17-14-20(16-9-6-5-7-10-16)12-11-19(17)13-15(2)18/h5-7,9-10,15,17H,3-4,8,11-14,18H2,1-2H3. The van der Waals surface area contributed by atoms with E-state index in [4.69, 9.17) is 5.73 Å². The molecule has 2 atom stereocenters. The van der Waals surface area contributed by atoms with Crippen LogP contribution in [0.15, 0.2) is 30.3 Å². The van der Waals surface area contributed by atoms with Gasteiger partial charge in [-0.2, -0.15) is 0 Å². The lowest BCUT2D eigenvalue weighted by molar-refractivity contribution is 0.158. The van der Waals surface area contributed by atoms with Gasteiger partial charge in [-0.05, 0) is 25.5 Å². The van der Waals surface area contributed by atoms with Crippen molar-refractivity contribution in [3.8, 4) is 0 Å². The second-order valence-corrected chi connectivity index (χ2v) is 6.05. The molecule has 1 aromatic carbocycles. The third-order valence-electron chi connectivity index (χ3n) is 4.14. The third kappa shape index (κ3) is 4.22. The molecular formula is C17H29N3. The minimum Gasteiger partial charge on any atom is -0.369 e. The Labute approximate surface area is 123 Å². The van der Waals surface area contributed by atoms with Crippen molar-refractivity contribution in [3.63, 3.8) is 0 Å². The van der Waals surface area contributed by atoms with Gasteiger partial charge in [0, 0.05) is 44.0 Å². The first-order valence-corrected chi connectivity index (χ1v) is 8.00. The van der Waals surface area contributed by atoms with Gasteiger partial charge >= 0.3 is 0 Å². The maximum Gasteiger partial charge on any atom is 0.0367 e. The molecule has 1 saturated heterocycles. The highest BCUT2D eigenvalue weighted by molar-refractivity contribution is 5.46. The molecule has 0 aliphatic carbocycles. The number of para-hydroxylation sites is 1. The van der Waals surface area contributed by atoms with E-state index in [0.717, 1.165) is 26.2 Å². The third-order valence-corrected chi connectivity index (χ3v) is 4.14. The van der Waals surface area contributed by atoms with Crippen molar-refractivity contribution in [1.29, 1.82) is 0 Å². The molecule has 0 radical (unpaired) electrons. The molecule has 1 aliphatic heterocycles. The second kappa shape index (κ2) is 7.65. The summed E-state index contributed by atoms with van der Waals surface area (Å²) in [5.74, 6) is 0. The summed E-state index contributed by atoms with van der Waals surface area (Å²) >= 11 is 0. The predicted octanol–water partition coefficient (Wildman–Crippen LogP) is 2.71. The Bertz CT molecular complexity index is 377. The maximum absolute atomic E-state index is 6.00. The highest BCUT2D eigenvalue weighted by Gasteiger charge is 2.26. The average molecular weight is 275 g/mol. The van der Waals surface area contributed by atoms with Crippen LogP contribution >= 0.6 is 0 Å². The Morgan fingerprint density at radius 3 is 2.65 bits per heavy atom. The minimum atomic E-state index is 0.266.